The lowest BCUT2D eigenvalue weighted by Crippen LogP contribution is -2.58. The maximum atomic E-state index is 12.9. The summed E-state index contributed by atoms with van der Waals surface area (Å²) in [6, 6.07) is 12.9. The quantitative estimate of drug-likeness (QED) is 0.488. The lowest BCUT2D eigenvalue weighted by atomic mass is 10.1. The molecule has 1 fully saturated rings. The average molecular weight is 395 g/mol. The van der Waals surface area contributed by atoms with Crippen LogP contribution >= 0.6 is 12.2 Å². The monoisotopic (exact) mass is 395 g/mol. The molecule has 2 aliphatic heterocycles. The Morgan fingerprint density at radius 2 is 2.04 bits per heavy atom. The van der Waals surface area contributed by atoms with Gasteiger partial charge in [-0.25, -0.2) is 0 Å². The molecular weight excluding hydrogens is 378 g/mol. The molecule has 7 nitrogen and oxygen atoms in total. The minimum Gasteiger partial charge on any atom is -0.454 e. The van der Waals surface area contributed by atoms with Crippen LogP contribution in [0.2, 0.25) is 0 Å². The molecule has 0 spiro atoms. The van der Waals surface area contributed by atoms with Gasteiger partial charge in [0.25, 0.3) is 5.91 Å². The van der Waals surface area contributed by atoms with Crippen molar-refractivity contribution in [1.82, 2.24) is 5.32 Å². The number of anilines is 1. The molecule has 8 heteroatoms. The van der Waals surface area contributed by atoms with E-state index in [9.17, 15) is 9.59 Å². The molecule has 1 atom stereocenters. The largest absolute Gasteiger partial charge is 0.454 e. The van der Waals surface area contributed by atoms with Crippen LogP contribution in [0.15, 0.2) is 47.5 Å². The number of aryl methyl sites for hydroxylation is 1. The molecule has 28 heavy (non-hydrogen) atoms. The minimum atomic E-state index is -1.04. The third-order valence-corrected chi connectivity index (χ3v) is 4.71. The molecule has 0 bridgehead atoms. The molecule has 2 aromatic carbocycles. The highest BCUT2D eigenvalue weighted by Gasteiger charge is 2.38. The topological polar surface area (TPSA) is 80.2 Å². The Bertz CT molecular complexity index is 1000. The van der Waals surface area contributed by atoms with E-state index >= 15 is 0 Å². The van der Waals surface area contributed by atoms with Crippen LogP contribution in [0.1, 0.15) is 11.1 Å². The van der Waals surface area contributed by atoms with Crippen LogP contribution in [0.5, 0.6) is 11.5 Å². The molecule has 2 aliphatic rings. The lowest BCUT2D eigenvalue weighted by Gasteiger charge is -2.31. The van der Waals surface area contributed by atoms with E-state index in [4.69, 9.17) is 21.7 Å². The molecule has 0 radical (unpaired) electrons. The van der Waals surface area contributed by atoms with Gasteiger partial charge in [-0.1, -0.05) is 18.2 Å². The number of ether oxygens (including phenoxy) is 2. The molecule has 2 heterocycles. The number of nitrogens with one attached hydrogen (secondary N) is 1. The number of nitrogens with zero attached hydrogens (tertiary/aromatic N) is 2. The fourth-order valence-electron chi connectivity index (χ4n) is 3.04. The second kappa shape index (κ2) is 7.40. The van der Waals surface area contributed by atoms with Crippen molar-refractivity contribution < 1.29 is 19.1 Å². The summed E-state index contributed by atoms with van der Waals surface area (Å²) in [6.07, 6.45) is 1.37. The van der Waals surface area contributed by atoms with Gasteiger partial charge in [-0.15, -0.1) is 0 Å². The Morgan fingerprint density at radius 1 is 1.21 bits per heavy atom. The molecule has 1 N–H and O–H groups in total. The van der Waals surface area contributed by atoms with Gasteiger partial charge in [0.05, 0.1) is 12.2 Å². The molecule has 4 rings (SSSR count). The molecule has 2 aromatic rings. The fourth-order valence-corrected chi connectivity index (χ4v) is 3.33. The summed E-state index contributed by atoms with van der Waals surface area (Å²) in [7, 11) is 0. The zero-order chi connectivity index (χ0) is 19.7. The van der Waals surface area contributed by atoms with Crippen molar-refractivity contribution in [2.75, 3.05) is 11.7 Å². The molecule has 0 unspecified atom stereocenters. The van der Waals surface area contributed by atoms with Gasteiger partial charge in [0, 0.05) is 6.21 Å². The molecule has 142 valence electrons. The van der Waals surface area contributed by atoms with Crippen LogP contribution in [0.25, 0.3) is 0 Å². The van der Waals surface area contributed by atoms with E-state index in [2.05, 4.69) is 10.3 Å². The highest BCUT2D eigenvalue weighted by atomic mass is 32.1. The Hall–Kier alpha value is -3.26. The number of rotatable bonds is 4. The standard InChI is InChI=1S/C20H17N3O4S/c1-12-3-2-4-14(7-12)23-19(25)15(18(24)22-20(23)28)10-21-9-13-5-6-16-17(8-13)27-11-26-16/h2-8,10,15H,9,11H2,1H3,(H,22,24,28)/t15-/m1/s1. The number of benzene rings is 2. The summed E-state index contributed by atoms with van der Waals surface area (Å²) in [5, 5.41) is 2.65. The van der Waals surface area contributed by atoms with Gasteiger partial charge in [0.1, 0.15) is 0 Å². The van der Waals surface area contributed by atoms with Gasteiger partial charge in [-0.2, -0.15) is 0 Å². The van der Waals surface area contributed by atoms with Gasteiger partial charge in [0.15, 0.2) is 22.5 Å². The summed E-state index contributed by atoms with van der Waals surface area (Å²) in [5.41, 5.74) is 2.48. The second-order valence-corrected chi connectivity index (χ2v) is 6.85. The van der Waals surface area contributed by atoms with Crippen molar-refractivity contribution in [3.8, 4) is 11.5 Å². The summed E-state index contributed by atoms with van der Waals surface area (Å²) in [6.45, 7) is 2.43. The zero-order valence-electron chi connectivity index (χ0n) is 15.0. The predicted molar refractivity (Wildman–Crippen MR) is 108 cm³/mol. The first-order chi connectivity index (χ1) is 13.5. The SMILES string of the molecule is Cc1cccc(N2C(=O)[C@H](C=NCc3ccc4c(c3)OCO4)C(=O)NC2=S)c1. The van der Waals surface area contributed by atoms with Gasteiger partial charge in [-0.05, 0) is 54.5 Å². The van der Waals surface area contributed by atoms with Crippen molar-refractivity contribution in [3.05, 3.63) is 53.6 Å². The number of aliphatic imine (C=N–C) groups is 1. The Labute approximate surface area is 167 Å². The van der Waals surface area contributed by atoms with Gasteiger partial charge in [-0.3, -0.25) is 19.5 Å². The Kier molecular flexibility index (Phi) is 4.79. The third-order valence-electron chi connectivity index (χ3n) is 4.43. The number of thiocarbonyl (C=S) groups is 1. The van der Waals surface area contributed by atoms with Crippen molar-refractivity contribution in [1.29, 1.82) is 0 Å². The number of hydrogen-bond donors (Lipinski definition) is 1. The first-order valence-electron chi connectivity index (χ1n) is 8.67. The number of fused-ring (bicyclic) bond motifs is 1. The summed E-state index contributed by atoms with van der Waals surface area (Å²) >= 11 is 5.20. The van der Waals surface area contributed by atoms with Crippen LogP contribution in [0.3, 0.4) is 0 Å². The first kappa shape index (κ1) is 18.1. The van der Waals surface area contributed by atoms with Crippen molar-refractivity contribution >= 4 is 41.0 Å². The van der Waals surface area contributed by atoms with Crippen LogP contribution in [0.4, 0.5) is 5.69 Å². The lowest BCUT2D eigenvalue weighted by molar-refractivity contribution is -0.130. The van der Waals surface area contributed by atoms with Gasteiger partial charge >= 0.3 is 0 Å². The van der Waals surface area contributed by atoms with E-state index < -0.39 is 17.7 Å². The molecular formula is C20H17N3O4S. The number of carbonyl (C=O) groups is 2. The van der Waals surface area contributed by atoms with E-state index in [-0.39, 0.29) is 11.9 Å². The number of hydrogen-bond acceptors (Lipinski definition) is 6. The summed E-state index contributed by atoms with van der Waals surface area (Å²) in [5.74, 6) is -0.588. The predicted octanol–water partition coefficient (Wildman–Crippen LogP) is 2.36. The molecule has 0 saturated carbocycles. The Balaban J connectivity index is 1.51. The van der Waals surface area contributed by atoms with E-state index in [1.54, 1.807) is 6.07 Å². The highest BCUT2D eigenvalue weighted by Crippen LogP contribution is 2.32. The maximum absolute atomic E-state index is 12.9. The smallest absolute Gasteiger partial charge is 0.251 e. The minimum absolute atomic E-state index is 0.0704. The summed E-state index contributed by atoms with van der Waals surface area (Å²) < 4.78 is 10.6. The van der Waals surface area contributed by atoms with Crippen LogP contribution < -0.4 is 19.7 Å². The van der Waals surface area contributed by atoms with Crippen molar-refractivity contribution in [2.24, 2.45) is 10.9 Å². The fraction of sp³-hybridized carbons (Fsp3) is 0.200. The maximum Gasteiger partial charge on any atom is 0.251 e. The molecule has 2 amide bonds. The normalized spacial score (nSPS) is 18.7. The summed E-state index contributed by atoms with van der Waals surface area (Å²) in [4.78, 5) is 30.8. The average Bonchev–Trinajstić information content (AvgIpc) is 3.12. The molecule has 0 aliphatic carbocycles. The van der Waals surface area contributed by atoms with Gasteiger partial charge in [0.2, 0.25) is 12.7 Å². The van der Waals surface area contributed by atoms with E-state index in [0.29, 0.717) is 23.7 Å². The first-order valence-corrected chi connectivity index (χ1v) is 9.08. The second-order valence-electron chi connectivity index (χ2n) is 6.46. The van der Waals surface area contributed by atoms with E-state index in [0.717, 1.165) is 11.1 Å². The molecule has 0 aromatic heterocycles. The Morgan fingerprint density at radius 3 is 2.86 bits per heavy atom. The third kappa shape index (κ3) is 3.46. The highest BCUT2D eigenvalue weighted by molar-refractivity contribution is 7.80. The van der Waals surface area contributed by atoms with E-state index in [1.165, 1.54) is 11.1 Å². The van der Waals surface area contributed by atoms with Crippen molar-refractivity contribution in [3.63, 3.8) is 0 Å². The van der Waals surface area contributed by atoms with Crippen LogP contribution in [0, 0.1) is 12.8 Å². The molecule has 1 saturated heterocycles. The van der Waals surface area contributed by atoms with Crippen LogP contribution in [-0.4, -0.2) is 29.9 Å². The number of amides is 2. The zero-order valence-corrected chi connectivity index (χ0v) is 15.9. The van der Waals surface area contributed by atoms with Gasteiger partial charge < -0.3 is 14.8 Å². The van der Waals surface area contributed by atoms with E-state index in [1.807, 2.05) is 43.3 Å². The number of carbonyl (C=O) groups excluding carboxylic acids is 2. The van der Waals surface area contributed by atoms with Crippen molar-refractivity contribution in [2.45, 2.75) is 13.5 Å². The van der Waals surface area contributed by atoms with Crippen LogP contribution in [-0.2, 0) is 16.1 Å².